The third kappa shape index (κ3) is 3.22. The molecular weight excluding hydrogens is 240 g/mol. The quantitative estimate of drug-likeness (QED) is 0.840. The molecule has 5 heteroatoms. The summed E-state index contributed by atoms with van der Waals surface area (Å²) in [6, 6.07) is 1.25. The van der Waals surface area contributed by atoms with Crippen molar-refractivity contribution in [3.63, 3.8) is 0 Å². The Morgan fingerprint density at radius 2 is 2.06 bits per heavy atom. The van der Waals surface area contributed by atoms with Crippen LogP contribution in [0.3, 0.4) is 0 Å². The SMILES string of the molecule is O=c1cc(Cl)[nH]c(=O)n1CCCC1CCCC1. The summed E-state index contributed by atoms with van der Waals surface area (Å²) in [5, 5.41) is 0.104. The minimum atomic E-state index is -0.408. The van der Waals surface area contributed by atoms with Crippen LogP contribution in [-0.4, -0.2) is 9.55 Å². The van der Waals surface area contributed by atoms with Gasteiger partial charge in [-0.2, -0.15) is 0 Å². The Hall–Kier alpha value is -1.03. The van der Waals surface area contributed by atoms with Crippen LogP contribution in [0.2, 0.25) is 5.15 Å². The number of nitrogens with zero attached hydrogens (tertiary/aromatic N) is 1. The van der Waals surface area contributed by atoms with E-state index in [1.165, 1.54) is 36.3 Å². The van der Waals surface area contributed by atoms with Gasteiger partial charge in [0.05, 0.1) is 0 Å². The van der Waals surface area contributed by atoms with Gasteiger partial charge in [0.2, 0.25) is 0 Å². The van der Waals surface area contributed by atoms with E-state index in [-0.39, 0.29) is 10.7 Å². The maximum atomic E-state index is 11.5. The predicted octanol–water partition coefficient (Wildman–Crippen LogP) is 2.16. The number of aromatic nitrogens is 2. The fraction of sp³-hybridized carbons (Fsp3) is 0.667. The van der Waals surface area contributed by atoms with Crippen molar-refractivity contribution in [2.24, 2.45) is 5.92 Å². The van der Waals surface area contributed by atoms with Crippen LogP contribution in [0.1, 0.15) is 38.5 Å². The summed E-state index contributed by atoms with van der Waals surface area (Å²) < 4.78 is 1.22. The molecule has 0 spiro atoms. The summed E-state index contributed by atoms with van der Waals surface area (Å²) in [5.74, 6) is 0.789. The molecule has 17 heavy (non-hydrogen) atoms. The Morgan fingerprint density at radius 1 is 1.35 bits per heavy atom. The summed E-state index contributed by atoms with van der Waals surface area (Å²) in [4.78, 5) is 25.5. The molecular formula is C12H17ClN2O2. The van der Waals surface area contributed by atoms with Gasteiger partial charge in [-0.05, 0) is 18.8 Å². The number of halogens is 1. The first-order valence-corrected chi connectivity index (χ1v) is 6.54. The van der Waals surface area contributed by atoms with Crippen molar-refractivity contribution < 1.29 is 0 Å². The van der Waals surface area contributed by atoms with Crippen molar-refractivity contribution >= 4 is 11.6 Å². The van der Waals surface area contributed by atoms with Crippen LogP contribution in [0.15, 0.2) is 15.7 Å². The topological polar surface area (TPSA) is 54.9 Å². The molecule has 0 aromatic carbocycles. The molecule has 1 aromatic rings. The van der Waals surface area contributed by atoms with Crippen molar-refractivity contribution in [2.75, 3.05) is 0 Å². The average molecular weight is 257 g/mol. The van der Waals surface area contributed by atoms with E-state index in [0.29, 0.717) is 6.54 Å². The number of nitrogens with one attached hydrogen (secondary N) is 1. The molecule has 0 saturated heterocycles. The predicted molar refractivity (Wildman–Crippen MR) is 67.5 cm³/mol. The Morgan fingerprint density at radius 3 is 2.71 bits per heavy atom. The molecule has 1 aromatic heterocycles. The van der Waals surface area contributed by atoms with Crippen molar-refractivity contribution in [1.29, 1.82) is 0 Å². The lowest BCUT2D eigenvalue weighted by Gasteiger charge is -2.09. The highest BCUT2D eigenvalue weighted by Gasteiger charge is 2.14. The normalized spacial score (nSPS) is 16.5. The second-order valence-electron chi connectivity index (χ2n) is 4.71. The smallest absolute Gasteiger partial charge is 0.298 e. The molecule has 1 N–H and O–H groups in total. The third-order valence-corrected chi connectivity index (χ3v) is 3.66. The highest BCUT2D eigenvalue weighted by atomic mass is 35.5. The summed E-state index contributed by atoms with van der Waals surface area (Å²) >= 11 is 5.59. The van der Waals surface area contributed by atoms with E-state index >= 15 is 0 Å². The van der Waals surface area contributed by atoms with E-state index in [2.05, 4.69) is 4.98 Å². The van der Waals surface area contributed by atoms with E-state index < -0.39 is 5.69 Å². The molecule has 0 unspecified atom stereocenters. The molecule has 94 valence electrons. The zero-order valence-corrected chi connectivity index (χ0v) is 10.5. The Balaban J connectivity index is 1.94. The van der Waals surface area contributed by atoms with Crippen LogP contribution in [0.25, 0.3) is 0 Å². The van der Waals surface area contributed by atoms with Gasteiger partial charge >= 0.3 is 5.69 Å². The van der Waals surface area contributed by atoms with Crippen LogP contribution in [-0.2, 0) is 6.54 Å². The number of aromatic amines is 1. The fourth-order valence-electron chi connectivity index (χ4n) is 2.54. The molecule has 0 amide bonds. The average Bonchev–Trinajstić information content (AvgIpc) is 2.74. The van der Waals surface area contributed by atoms with E-state index in [1.807, 2.05) is 0 Å². The molecule has 0 aliphatic heterocycles. The van der Waals surface area contributed by atoms with Crippen LogP contribution >= 0.6 is 11.6 Å². The highest BCUT2D eigenvalue weighted by molar-refractivity contribution is 6.29. The van der Waals surface area contributed by atoms with E-state index in [4.69, 9.17) is 11.6 Å². The lowest BCUT2D eigenvalue weighted by atomic mass is 10.0. The summed E-state index contributed by atoms with van der Waals surface area (Å²) in [5.41, 5.74) is -0.723. The van der Waals surface area contributed by atoms with E-state index in [1.54, 1.807) is 0 Å². The minimum Gasteiger partial charge on any atom is -0.298 e. The van der Waals surface area contributed by atoms with Crippen molar-refractivity contribution in [2.45, 2.75) is 45.1 Å². The number of hydrogen-bond acceptors (Lipinski definition) is 2. The van der Waals surface area contributed by atoms with Crippen LogP contribution in [0, 0.1) is 5.92 Å². The molecule has 0 atom stereocenters. The van der Waals surface area contributed by atoms with Gasteiger partial charge in [-0.3, -0.25) is 14.3 Å². The molecule has 1 saturated carbocycles. The van der Waals surface area contributed by atoms with Crippen molar-refractivity contribution in [1.82, 2.24) is 9.55 Å². The van der Waals surface area contributed by atoms with Gasteiger partial charge in [-0.15, -0.1) is 0 Å². The maximum Gasteiger partial charge on any atom is 0.329 e. The largest absolute Gasteiger partial charge is 0.329 e. The van der Waals surface area contributed by atoms with Gasteiger partial charge in [-0.25, -0.2) is 4.79 Å². The van der Waals surface area contributed by atoms with Gasteiger partial charge in [0, 0.05) is 12.6 Å². The maximum absolute atomic E-state index is 11.5. The monoisotopic (exact) mass is 256 g/mol. The van der Waals surface area contributed by atoms with Gasteiger partial charge < -0.3 is 0 Å². The molecule has 1 fully saturated rings. The van der Waals surface area contributed by atoms with Gasteiger partial charge in [-0.1, -0.05) is 37.3 Å². The molecule has 4 nitrogen and oxygen atoms in total. The Bertz CT molecular complexity index is 455. The fourth-order valence-corrected chi connectivity index (χ4v) is 2.72. The standard InChI is InChI=1S/C12H17ClN2O2/c13-10-8-11(16)15(12(17)14-10)7-3-6-9-4-1-2-5-9/h8-9H,1-7H2,(H,14,17). The van der Waals surface area contributed by atoms with Gasteiger partial charge in [0.25, 0.3) is 5.56 Å². The number of hydrogen-bond donors (Lipinski definition) is 1. The zero-order chi connectivity index (χ0) is 12.3. The molecule has 1 heterocycles. The molecule has 1 aliphatic carbocycles. The first kappa shape index (κ1) is 12.4. The summed E-state index contributed by atoms with van der Waals surface area (Å²) in [6.07, 6.45) is 7.24. The van der Waals surface area contributed by atoms with E-state index in [9.17, 15) is 9.59 Å². The van der Waals surface area contributed by atoms with Gasteiger partial charge in [0.15, 0.2) is 0 Å². The third-order valence-electron chi connectivity index (χ3n) is 3.46. The first-order valence-electron chi connectivity index (χ1n) is 6.16. The second kappa shape index (κ2) is 5.54. The molecule has 1 aliphatic rings. The van der Waals surface area contributed by atoms with Crippen LogP contribution in [0.4, 0.5) is 0 Å². The zero-order valence-electron chi connectivity index (χ0n) is 9.75. The number of H-pyrrole nitrogens is 1. The van der Waals surface area contributed by atoms with E-state index in [0.717, 1.165) is 18.8 Å². The second-order valence-corrected chi connectivity index (χ2v) is 5.11. The van der Waals surface area contributed by atoms with Crippen molar-refractivity contribution in [3.8, 4) is 0 Å². The van der Waals surface area contributed by atoms with Crippen LogP contribution in [0.5, 0.6) is 0 Å². The molecule has 0 radical (unpaired) electrons. The van der Waals surface area contributed by atoms with Gasteiger partial charge in [0.1, 0.15) is 5.15 Å². The Labute approximate surface area is 105 Å². The summed E-state index contributed by atoms with van der Waals surface area (Å²) in [6.45, 7) is 0.488. The number of rotatable bonds is 4. The summed E-state index contributed by atoms with van der Waals surface area (Å²) in [7, 11) is 0. The Kier molecular flexibility index (Phi) is 4.05. The lowest BCUT2D eigenvalue weighted by Crippen LogP contribution is -2.34. The highest BCUT2D eigenvalue weighted by Crippen LogP contribution is 2.28. The first-order chi connectivity index (χ1) is 8.16. The lowest BCUT2D eigenvalue weighted by molar-refractivity contribution is 0.450. The molecule has 2 rings (SSSR count). The molecule has 0 bridgehead atoms. The minimum absolute atomic E-state index is 0.104. The van der Waals surface area contributed by atoms with Crippen molar-refractivity contribution in [3.05, 3.63) is 32.1 Å². The van der Waals surface area contributed by atoms with Crippen LogP contribution < -0.4 is 11.2 Å².